The zero-order chi connectivity index (χ0) is 18.8. The molecule has 0 fully saturated rings. The van der Waals surface area contributed by atoms with E-state index in [-0.39, 0.29) is 11.5 Å². The molecule has 2 aromatic rings. The average Bonchev–Trinajstić information content (AvgIpc) is 2.88. The summed E-state index contributed by atoms with van der Waals surface area (Å²) < 4.78 is 1.87. The second kappa shape index (κ2) is 7.92. The molecule has 0 unspecified atom stereocenters. The third-order valence-electron chi connectivity index (χ3n) is 5.37. The van der Waals surface area contributed by atoms with Crippen LogP contribution in [0.3, 0.4) is 0 Å². The largest absolute Gasteiger partial charge is 0.335 e. The van der Waals surface area contributed by atoms with Crippen LogP contribution in [-0.4, -0.2) is 21.2 Å². The highest BCUT2D eigenvalue weighted by molar-refractivity contribution is 7.20. The van der Waals surface area contributed by atoms with Crippen LogP contribution in [0.25, 0.3) is 10.2 Å². The summed E-state index contributed by atoms with van der Waals surface area (Å²) in [5, 5.41) is 4.91. The molecule has 0 atom stereocenters. The molecule has 2 aliphatic rings. The highest BCUT2D eigenvalue weighted by atomic mass is 32.1. The minimum Gasteiger partial charge on any atom is -0.318 e. The first-order valence-corrected chi connectivity index (χ1v) is 10.8. The van der Waals surface area contributed by atoms with E-state index in [0.29, 0.717) is 6.42 Å². The number of aryl methyl sites for hydroxylation is 2. The van der Waals surface area contributed by atoms with Gasteiger partial charge in [-0.2, -0.15) is 0 Å². The Morgan fingerprint density at radius 1 is 1.22 bits per heavy atom. The molecule has 2 aromatic heterocycles. The first-order valence-electron chi connectivity index (χ1n) is 10.0. The van der Waals surface area contributed by atoms with Gasteiger partial charge in [0, 0.05) is 19.4 Å². The van der Waals surface area contributed by atoms with E-state index in [1.807, 2.05) is 11.5 Å². The summed E-state index contributed by atoms with van der Waals surface area (Å²) in [7, 11) is 0. The van der Waals surface area contributed by atoms with Crippen molar-refractivity contribution < 1.29 is 9.63 Å². The molecule has 0 saturated heterocycles. The zero-order valence-corrected chi connectivity index (χ0v) is 16.6. The molecule has 0 amide bonds. The van der Waals surface area contributed by atoms with Gasteiger partial charge in [-0.05, 0) is 44.1 Å². The number of nitrogens with zero attached hydrogens (tertiary/aromatic N) is 3. The second-order valence-electron chi connectivity index (χ2n) is 7.34. The Balaban J connectivity index is 1.72. The van der Waals surface area contributed by atoms with Crippen molar-refractivity contribution in [2.45, 2.75) is 77.7 Å². The van der Waals surface area contributed by atoms with Crippen LogP contribution >= 0.6 is 11.3 Å². The molecule has 0 spiro atoms. The first kappa shape index (κ1) is 18.3. The lowest BCUT2D eigenvalue weighted by molar-refractivity contribution is -0.143. The van der Waals surface area contributed by atoms with Crippen LogP contribution in [0.2, 0.25) is 0 Å². The van der Waals surface area contributed by atoms with Gasteiger partial charge in [0.05, 0.1) is 16.0 Å². The Hall–Kier alpha value is -2.02. The van der Waals surface area contributed by atoms with Crippen LogP contribution < -0.4 is 5.56 Å². The van der Waals surface area contributed by atoms with Gasteiger partial charge in [0.15, 0.2) is 0 Å². The molecule has 1 aliphatic carbocycles. The zero-order valence-electron chi connectivity index (χ0n) is 15.8. The van der Waals surface area contributed by atoms with Crippen molar-refractivity contribution in [1.29, 1.82) is 0 Å². The van der Waals surface area contributed by atoms with E-state index in [4.69, 9.17) is 9.82 Å². The highest BCUT2D eigenvalue weighted by Crippen LogP contribution is 2.34. The number of oxime groups is 1. The molecule has 0 aromatic carbocycles. The normalized spacial score (nSPS) is 18.2. The average molecular weight is 388 g/mol. The number of unbranched alkanes of at least 4 members (excludes halogenated alkanes) is 1. The van der Waals surface area contributed by atoms with Crippen LogP contribution in [0.1, 0.15) is 74.6 Å². The molecule has 0 bridgehead atoms. The van der Waals surface area contributed by atoms with Crippen LogP contribution in [0.5, 0.6) is 0 Å². The topological polar surface area (TPSA) is 73.5 Å². The molecular weight excluding hydrogens is 362 g/mol. The minimum absolute atomic E-state index is 0.0931. The van der Waals surface area contributed by atoms with Crippen molar-refractivity contribution in [3.8, 4) is 0 Å². The molecule has 7 heteroatoms. The number of fused-ring (bicyclic) bond motifs is 4. The summed E-state index contributed by atoms with van der Waals surface area (Å²) >= 11 is 1.52. The molecule has 6 nitrogen and oxygen atoms in total. The summed E-state index contributed by atoms with van der Waals surface area (Å²) in [6.07, 6.45) is 8.81. The fourth-order valence-electron chi connectivity index (χ4n) is 3.91. The Morgan fingerprint density at radius 2 is 2.11 bits per heavy atom. The maximum atomic E-state index is 13.2. The molecule has 1 aliphatic heterocycles. The third-order valence-corrected chi connectivity index (χ3v) is 6.54. The van der Waals surface area contributed by atoms with E-state index in [1.165, 1.54) is 11.3 Å². The van der Waals surface area contributed by atoms with Gasteiger partial charge >= 0.3 is 5.97 Å². The van der Waals surface area contributed by atoms with E-state index >= 15 is 0 Å². The van der Waals surface area contributed by atoms with E-state index < -0.39 is 0 Å². The van der Waals surface area contributed by atoms with Gasteiger partial charge < -0.3 is 4.84 Å². The van der Waals surface area contributed by atoms with Gasteiger partial charge in [0.25, 0.3) is 5.56 Å². The lowest BCUT2D eigenvalue weighted by Crippen LogP contribution is -2.25. The van der Waals surface area contributed by atoms with Gasteiger partial charge in [-0.25, -0.2) is 9.78 Å². The lowest BCUT2D eigenvalue weighted by atomic mass is 9.95. The van der Waals surface area contributed by atoms with E-state index in [9.17, 15) is 9.59 Å². The molecule has 3 heterocycles. The Bertz CT molecular complexity index is 958. The fraction of sp³-hybridized carbons (Fsp3) is 0.600. The maximum Gasteiger partial charge on any atom is 0.335 e. The van der Waals surface area contributed by atoms with Crippen molar-refractivity contribution in [2.24, 2.45) is 5.16 Å². The quantitative estimate of drug-likeness (QED) is 0.588. The van der Waals surface area contributed by atoms with Crippen LogP contribution in [0.15, 0.2) is 9.95 Å². The molecule has 4 rings (SSSR count). The highest BCUT2D eigenvalue weighted by Gasteiger charge is 2.26. The van der Waals surface area contributed by atoms with Crippen molar-refractivity contribution in [1.82, 2.24) is 9.55 Å². The van der Waals surface area contributed by atoms with Gasteiger partial charge in [0.2, 0.25) is 0 Å². The number of thiophene rings is 1. The molecule has 0 radical (unpaired) electrons. The predicted molar refractivity (Wildman–Crippen MR) is 107 cm³/mol. The number of carbonyl (C=O) groups excluding carboxylic acids is 1. The summed E-state index contributed by atoms with van der Waals surface area (Å²) in [6, 6.07) is 0. The monoisotopic (exact) mass is 387 g/mol. The summed E-state index contributed by atoms with van der Waals surface area (Å²) in [6.45, 7) is 2.80. The number of hydrogen-bond acceptors (Lipinski definition) is 6. The number of aromatic nitrogens is 2. The van der Waals surface area contributed by atoms with E-state index in [1.54, 1.807) is 0 Å². The van der Waals surface area contributed by atoms with Gasteiger partial charge in [0.1, 0.15) is 10.7 Å². The molecule has 144 valence electrons. The first-order chi connectivity index (χ1) is 13.2. The number of hydrogen-bond donors (Lipinski definition) is 0. The minimum atomic E-state index is -0.289. The smallest absolute Gasteiger partial charge is 0.318 e. The summed E-state index contributed by atoms with van der Waals surface area (Å²) in [5.41, 5.74) is 1.92. The molecule has 0 N–H and O–H groups in total. The predicted octanol–water partition coefficient (Wildman–Crippen LogP) is 3.96. The van der Waals surface area contributed by atoms with E-state index in [0.717, 1.165) is 96.5 Å². The van der Waals surface area contributed by atoms with Crippen molar-refractivity contribution in [3.05, 3.63) is 26.6 Å². The van der Waals surface area contributed by atoms with Crippen LogP contribution in [-0.2, 0) is 29.0 Å². The maximum absolute atomic E-state index is 13.2. The molecule has 0 saturated carbocycles. The van der Waals surface area contributed by atoms with Gasteiger partial charge in [-0.1, -0.05) is 24.9 Å². The third kappa shape index (κ3) is 3.57. The Morgan fingerprint density at radius 3 is 2.96 bits per heavy atom. The van der Waals surface area contributed by atoms with Crippen molar-refractivity contribution in [3.63, 3.8) is 0 Å². The summed E-state index contributed by atoms with van der Waals surface area (Å²) in [5.74, 6) is 0.621. The van der Waals surface area contributed by atoms with E-state index in [2.05, 4.69) is 5.16 Å². The fourth-order valence-corrected chi connectivity index (χ4v) is 5.15. The number of rotatable bonds is 4. The Kier molecular flexibility index (Phi) is 5.38. The summed E-state index contributed by atoms with van der Waals surface area (Å²) in [4.78, 5) is 36.7. The van der Waals surface area contributed by atoms with Crippen LogP contribution in [0, 0.1) is 0 Å². The van der Waals surface area contributed by atoms with Crippen molar-refractivity contribution >= 4 is 33.2 Å². The number of carbonyl (C=O) groups is 1. The standard InChI is InChI=1S/C20H25N3O3S/c1-2-3-11-16(24)26-22-14-9-7-8-13-17-19(27-18(13)14)21-15-10-5-4-6-12-23(15)20(17)25/h2-12H2,1H3/b22-14-. The SMILES string of the molecule is CCCCC(=O)O/N=C1/CCCc2c1sc1nc3n(c(=O)c21)CCCCC3. The Labute approximate surface area is 162 Å². The van der Waals surface area contributed by atoms with Crippen LogP contribution in [0.4, 0.5) is 0 Å². The molecular formula is C20H25N3O3S. The van der Waals surface area contributed by atoms with Gasteiger partial charge in [-0.3, -0.25) is 9.36 Å². The second-order valence-corrected chi connectivity index (χ2v) is 8.34. The lowest BCUT2D eigenvalue weighted by Gasteiger charge is -2.13. The van der Waals surface area contributed by atoms with Crippen molar-refractivity contribution in [2.75, 3.05) is 0 Å². The van der Waals surface area contributed by atoms with Gasteiger partial charge in [-0.15, -0.1) is 11.3 Å². The molecule has 27 heavy (non-hydrogen) atoms.